The van der Waals surface area contributed by atoms with Crippen LogP contribution in [0.4, 0.5) is 10.5 Å². The molecule has 4 amide bonds. The minimum Gasteiger partial charge on any atom is -0.490 e. The third-order valence-electron chi connectivity index (χ3n) is 4.86. The Bertz CT molecular complexity index is 1310. The first kappa shape index (κ1) is 28.5. The number of nitrogens with two attached hydrogens (primary N) is 1. The average Bonchev–Trinajstić information content (AvgIpc) is 3.12. The van der Waals surface area contributed by atoms with Crippen LogP contribution in [-0.4, -0.2) is 60.2 Å². The van der Waals surface area contributed by atoms with Crippen LogP contribution >= 0.6 is 23.4 Å². The summed E-state index contributed by atoms with van der Waals surface area (Å²) in [5.74, 6) is -1.98. The molecule has 2 aromatic rings. The van der Waals surface area contributed by atoms with Crippen LogP contribution < -0.4 is 20.5 Å². The summed E-state index contributed by atoms with van der Waals surface area (Å²) in [4.78, 5) is 61.9. The Balaban J connectivity index is 1.71. The molecule has 13 heteroatoms. The molecular weight excluding hydrogens is 538 g/mol. The van der Waals surface area contributed by atoms with Gasteiger partial charge in [-0.05, 0) is 67.6 Å². The van der Waals surface area contributed by atoms with Crippen molar-refractivity contribution in [1.82, 2.24) is 4.90 Å². The van der Waals surface area contributed by atoms with Crippen LogP contribution in [0.3, 0.4) is 0 Å². The second-order valence-corrected chi connectivity index (χ2v) is 9.03. The Hall–Kier alpha value is -4.03. The average molecular weight is 562 g/mol. The smallest absolute Gasteiger partial charge is 0.339 e. The van der Waals surface area contributed by atoms with Gasteiger partial charge in [0.15, 0.2) is 18.1 Å². The van der Waals surface area contributed by atoms with Crippen molar-refractivity contribution in [3.8, 4) is 11.5 Å². The van der Waals surface area contributed by atoms with Gasteiger partial charge in [0.25, 0.3) is 17.1 Å². The van der Waals surface area contributed by atoms with Gasteiger partial charge in [0.2, 0.25) is 5.91 Å². The maximum Gasteiger partial charge on any atom is 0.339 e. The molecule has 2 aromatic carbocycles. The maximum absolute atomic E-state index is 12.9. The van der Waals surface area contributed by atoms with Crippen molar-refractivity contribution in [2.45, 2.75) is 13.8 Å². The topological polar surface area (TPSA) is 154 Å². The molecule has 3 rings (SSSR count). The van der Waals surface area contributed by atoms with Crippen molar-refractivity contribution >= 4 is 64.1 Å². The van der Waals surface area contributed by atoms with Gasteiger partial charge < -0.3 is 25.3 Å². The number of amides is 4. The van der Waals surface area contributed by atoms with Crippen LogP contribution in [0.1, 0.15) is 29.8 Å². The minimum absolute atomic E-state index is 0.0675. The molecule has 0 bridgehead atoms. The second-order valence-electron chi connectivity index (χ2n) is 7.63. The van der Waals surface area contributed by atoms with Crippen LogP contribution in [0.5, 0.6) is 11.5 Å². The Morgan fingerprint density at radius 1 is 1.05 bits per heavy atom. The summed E-state index contributed by atoms with van der Waals surface area (Å²) in [6, 6.07) is 8.99. The molecule has 3 N–H and O–H groups in total. The van der Waals surface area contributed by atoms with Gasteiger partial charge in [0.1, 0.15) is 6.54 Å². The van der Waals surface area contributed by atoms with Gasteiger partial charge in [-0.25, -0.2) is 4.79 Å². The van der Waals surface area contributed by atoms with Crippen LogP contribution in [0.15, 0.2) is 41.3 Å². The SMILES string of the molecule is CCOC(=O)c1cc(NC(=O)CN2C(=O)S/C(=C\c3ccc(OCC(N)=O)c(OCC)c3)C2=O)ccc1Cl. The molecule has 0 spiro atoms. The molecule has 1 saturated heterocycles. The number of ether oxygens (including phenoxy) is 3. The summed E-state index contributed by atoms with van der Waals surface area (Å²) in [7, 11) is 0. The van der Waals surface area contributed by atoms with Gasteiger partial charge in [0, 0.05) is 5.69 Å². The Morgan fingerprint density at radius 3 is 2.50 bits per heavy atom. The number of halogens is 1. The van der Waals surface area contributed by atoms with Gasteiger partial charge in [-0.2, -0.15) is 0 Å². The number of rotatable bonds is 11. The van der Waals surface area contributed by atoms with Gasteiger partial charge in [-0.1, -0.05) is 17.7 Å². The number of esters is 1. The van der Waals surface area contributed by atoms with Crippen molar-refractivity contribution in [2.75, 3.05) is 31.7 Å². The number of primary amides is 1. The number of anilines is 1. The Labute approximate surface area is 227 Å². The lowest BCUT2D eigenvalue weighted by Gasteiger charge is -2.13. The van der Waals surface area contributed by atoms with Gasteiger partial charge >= 0.3 is 5.97 Å². The summed E-state index contributed by atoms with van der Waals surface area (Å²) >= 11 is 6.72. The van der Waals surface area contributed by atoms with Crippen LogP contribution in [0.2, 0.25) is 5.02 Å². The fourth-order valence-electron chi connectivity index (χ4n) is 3.25. The lowest BCUT2D eigenvalue weighted by atomic mass is 10.2. The first-order chi connectivity index (χ1) is 18.1. The fourth-order valence-corrected chi connectivity index (χ4v) is 4.28. The van der Waals surface area contributed by atoms with Crippen molar-refractivity contribution < 1.29 is 38.2 Å². The zero-order valence-electron chi connectivity index (χ0n) is 20.4. The lowest BCUT2D eigenvalue weighted by Crippen LogP contribution is -2.36. The molecule has 0 atom stereocenters. The molecule has 1 fully saturated rings. The van der Waals surface area contributed by atoms with E-state index in [0.29, 0.717) is 35.4 Å². The predicted octanol–water partition coefficient (Wildman–Crippen LogP) is 3.45. The van der Waals surface area contributed by atoms with E-state index in [1.54, 1.807) is 32.0 Å². The summed E-state index contributed by atoms with van der Waals surface area (Å²) in [5.41, 5.74) is 5.95. The minimum atomic E-state index is -0.653. The van der Waals surface area contributed by atoms with Gasteiger partial charge in [0.05, 0.1) is 28.7 Å². The van der Waals surface area contributed by atoms with Crippen LogP contribution in [-0.2, 0) is 19.1 Å². The summed E-state index contributed by atoms with van der Waals surface area (Å²) in [6.07, 6.45) is 1.48. The number of carbonyl (C=O) groups is 5. The van der Waals surface area contributed by atoms with E-state index in [0.717, 1.165) is 4.90 Å². The Kier molecular flexibility index (Phi) is 9.74. The summed E-state index contributed by atoms with van der Waals surface area (Å²) < 4.78 is 15.8. The molecule has 0 aliphatic carbocycles. The third-order valence-corrected chi connectivity index (χ3v) is 6.09. The molecule has 1 heterocycles. The number of nitrogens with zero attached hydrogens (tertiary/aromatic N) is 1. The Morgan fingerprint density at radius 2 is 1.82 bits per heavy atom. The van der Waals surface area contributed by atoms with Crippen molar-refractivity contribution in [3.05, 3.63) is 57.5 Å². The number of hydrogen-bond acceptors (Lipinski definition) is 9. The first-order valence-corrected chi connectivity index (χ1v) is 12.5. The summed E-state index contributed by atoms with van der Waals surface area (Å²) in [5, 5.41) is 2.07. The van der Waals surface area contributed by atoms with E-state index in [-0.39, 0.29) is 34.4 Å². The van der Waals surface area contributed by atoms with E-state index in [4.69, 9.17) is 31.5 Å². The standard InChI is InChI=1S/C25H24ClN3O8S/c1-3-35-19-9-14(5-8-18(19)37-13-21(27)30)10-20-23(32)29(25(34)38-20)12-22(31)28-15-6-7-17(26)16(11-15)24(33)36-4-2/h5-11H,3-4,12-13H2,1-2H3,(H2,27,30)(H,28,31)/b20-10-. The molecule has 11 nitrogen and oxygen atoms in total. The van der Waals surface area contributed by atoms with Crippen molar-refractivity contribution in [2.24, 2.45) is 5.73 Å². The summed E-state index contributed by atoms with van der Waals surface area (Å²) in [6.45, 7) is 3.01. The van der Waals surface area contributed by atoms with Crippen LogP contribution in [0.25, 0.3) is 6.08 Å². The number of nitrogens with one attached hydrogen (secondary N) is 1. The second kappa shape index (κ2) is 13.0. The molecule has 0 saturated carbocycles. The normalized spacial score (nSPS) is 14.0. The number of carbonyl (C=O) groups excluding carboxylic acids is 5. The predicted molar refractivity (Wildman–Crippen MR) is 141 cm³/mol. The quantitative estimate of drug-likeness (QED) is 0.310. The van der Waals surface area contributed by atoms with E-state index in [2.05, 4.69) is 5.32 Å². The van der Waals surface area contributed by atoms with Gasteiger partial charge in [-0.3, -0.25) is 24.1 Å². The van der Waals surface area contributed by atoms with Crippen LogP contribution in [0, 0.1) is 0 Å². The third kappa shape index (κ3) is 7.26. The molecule has 200 valence electrons. The molecule has 0 radical (unpaired) electrons. The maximum atomic E-state index is 12.9. The largest absolute Gasteiger partial charge is 0.490 e. The van der Waals surface area contributed by atoms with Crippen molar-refractivity contribution in [1.29, 1.82) is 0 Å². The fraction of sp³-hybridized carbons (Fsp3) is 0.240. The zero-order valence-corrected chi connectivity index (χ0v) is 22.0. The molecule has 0 unspecified atom stereocenters. The van der Waals surface area contributed by atoms with Crippen molar-refractivity contribution in [3.63, 3.8) is 0 Å². The van der Waals surface area contributed by atoms with E-state index in [1.165, 1.54) is 24.3 Å². The number of imide groups is 1. The highest BCUT2D eigenvalue weighted by molar-refractivity contribution is 8.18. The molecule has 1 aliphatic heterocycles. The number of hydrogen-bond donors (Lipinski definition) is 2. The molecule has 1 aliphatic rings. The monoisotopic (exact) mass is 561 g/mol. The van der Waals surface area contributed by atoms with E-state index < -0.39 is 35.5 Å². The molecule has 38 heavy (non-hydrogen) atoms. The van der Waals surface area contributed by atoms with E-state index in [9.17, 15) is 24.0 Å². The highest BCUT2D eigenvalue weighted by atomic mass is 35.5. The number of benzene rings is 2. The number of thioether (sulfide) groups is 1. The van der Waals surface area contributed by atoms with E-state index in [1.807, 2.05) is 0 Å². The molecular formula is C25H24ClN3O8S. The lowest BCUT2D eigenvalue weighted by molar-refractivity contribution is -0.127. The van der Waals surface area contributed by atoms with E-state index >= 15 is 0 Å². The van der Waals surface area contributed by atoms with Gasteiger partial charge in [-0.15, -0.1) is 0 Å². The zero-order chi connectivity index (χ0) is 27.8. The highest BCUT2D eigenvalue weighted by Gasteiger charge is 2.36. The molecule has 0 aromatic heterocycles. The first-order valence-electron chi connectivity index (χ1n) is 11.3. The highest BCUT2D eigenvalue weighted by Crippen LogP contribution is 2.34.